The largest absolute Gasteiger partial charge is 0.310 e. The lowest BCUT2D eigenvalue weighted by molar-refractivity contribution is 0.334. The Kier molecular flexibility index (Phi) is 5.61. The van der Waals surface area contributed by atoms with Gasteiger partial charge in [-0.05, 0) is 42.5 Å². The van der Waals surface area contributed by atoms with Gasteiger partial charge in [-0.25, -0.2) is 4.39 Å². The summed E-state index contributed by atoms with van der Waals surface area (Å²) < 4.78 is 13.1. The maximum Gasteiger partial charge on any atom is 0.124 e. The summed E-state index contributed by atoms with van der Waals surface area (Å²) in [7, 11) is 0. The van der Waals surface area contributed by atoms with Crippen LogP contribution >= 0.6 is 11.6 Å². The molecule has 0 heterocycles. The summed E-state index contributed by atoms with van der Waals surface area (Å²) in [5.74, 6) is -0.283. The van der Waals surface area contributed by atoms with Crippen LogP contribution in [0.5, 0.6) is 0 Å². The van der Waals surface area contributed by atoms with Gasteiger partial charge in [0.15, 0.2) is 0 Å². The lowest BCUT2D eigenvalue weighted by atomic mass is 9.87. The van der Waals surface area contributed by atoms with E-state index in [1.807, 2.05) is 0 Å². The molecule has 0 fully saturated rings. The van der Waals surface area contributed by atoms with Crippen LogP contribution in [0.15, 0.2) is 18.2 Å². The molecule has 0 aromatic heterocycles. The minimum atomic E-state index is -0.283. The average molecular weight is 272 g/mol. The highest BCUT2D eigenvalue weighted by atomic mass is 35.5. The van der Waals surface area contributed by atoms with Crippen molar-refractivity contribution >= 4 is 11.6 Å². The fourth-order valence-electron chi connectivity index (χ4n) is 1.98. The molecule has 1 atom stereocenters. The van der Waals surface area contributed by atoms with E-state index in [-0.39, 0.29) is 11.9 Å². The number of nitrogens with one attached hydrogen (secondary N) is 1. The third-order valence-corrected chi connectivity index (χ3v) is 3.30. The van der Waals surface area contributed by atoms with Crippen LogP contribution in [0.2, 0.25) is 5.02 Å². The highest BCUT2D eigenvalue weighted by molar-refractivity contribution is 6.31. The van der Waals surface area contributed by atoms with E-state index in [4.69, 9.17) is 11.6 Å². The second-order valence-corrected chi connectivity index (χ2v) is 6.28. The monoisotopic (exact) mass is 271 g/mol. The number of halogens is 2. The van der Waals surface area contributed by atoms with Crippen molar-refractivity contribution in [1.82, 2.24) is 5.32 Å². The molecule has 1 nitrogen and oxygen atoms in total. The first kappa shape index (κ1) is 15.5. The first-order valence-electron chi connectivity index (χ1n) is 6.52. The van der Waals surface area contributed by atoms with E-state index in [2.05, 4.69) is 33.0 Å². The number of benzene rings is 1. The third-order valence-electron chi connectivity index (χ3n) is 2.97. The Morgan fingerprint density at radius 2 is 2.00 bits per heavy atom. The molecule has 1 aromatic carbocycles. The predicted molar refractivity (Wildman–Crippen MR) is 76.5 cm³/mol. The van der Waals surface area contributed by atoms with Crippen LogP contribution < -0.4 is 5.32 Å². The molecule has 102 valence electrons. The number of hydrogen-bond acceptors (Lipinski definition) is 1. The minimum Gasteiger partial charge on any atom is -0.310 e. The van der Waals surface area contributed by atoms with Crippen LogP contribution in [0.1, 0.15) is 52.1 Å². The molecule has 0 bridgehead atoms. The van der Waals surface area contributed by atoms with Crippen LogP contribution in [0.3, 0.4) is 0 Å². The van der Waals surface area contributed by atoms with Gasteiger partial charge < -0.3 is 5.32 Å². The molecule has 0 aliphatic rings. The summed E-state index contributed by atoms with van der Waals surface area (Å²) in [4.78, 5) is 0. The molecule has 1 aromatic rings. The average Bonchev–Trinajstić information content (AvgIpc) is 2.24. The summed E-state index contributed by atoms with van der Waals surface area (Å²) in [5.41, 5.74) is 1.28. The summed E-state index contributed by atoms with van der Waals surface area (Å²) in [6.07, 6.45) is 2.10. The van der Waals surface area contributed by atoms with Crippen molar-refractivity contribution in [2.24, 2.45) is 5.41 Å². The quantitative estimate of drug-likeness (QED) is 0.798. The fraction of sp³-hybridized carbons (Fsp3) is 0.600. The van der Waals surface area contributed by atoms with Crippen molar-refractivity contribution in [3.8, 4) is 0 Å². The van der Waals surface area contributed by atoms with Gasteiger partial charge in [0, 0.05) is 11.1 Å². The van der Waals surface area contributed by atoms with Crippen LogP contribution in [0.25, 0.3) is 0 Å². The molecular formula is C15H23ClFN. The molecule has 0 aliphatic heterocycles. The van der Waals surface area contributed by atoms with E-state index < -0.39 is 0 Å². The highest BCUT2D eigenvalue weighted by Crippen LogP contribution is 2.31. The van der Waals surface area contributed by atoms with Crippen molar-refractivity contribution in [2.45, 2.75) is 46.6 Å². The fourth-order valence-corrected chi connectivity index (χ4v) is 2.27. The van der Waals surface area contributed by atoms with E-state index in [9.17, 15) is 4.39 Å². The minimum absolute atomic E-state index is 0.197. The zero-order valence-corrected chi connectivity index (χ0v) is 12.4. The van der Waals surface area contributed by atoms with E-state index >= 15 is 0 Å². The topological polar surface area (TPSA) is 12.0 Å². The highest BCUT2D eigenvalue weighted by Gasteiger charge is 2.18. The van der Waals surface area contributed by atoms with Crippen molar-refractivity contribution in [3.63, 3.8) is 0 Å². The van der Waals surface area contributed by atoms with Gasteiger partial charge in [0.25, 0.3) is 0 Å². The van der Waals surface area contributed by atoms with Gasteiger partial charge in [0.2, 0.25) is 0 Å². The van der Waals surface area contributed by atoms with E-state index in [0.29, 0.717) is 10.4 Å². The lowest BCUT2D eigenvalue weighted by Crippen LogP contribution is -2.23. The summed E-state index contributed by atoms with van der Waals surface area (Å²) in [5, 5.41) is 3.93. The van der Waals surface area contributed by atoms with Gasteiger partial charge in [-0.1, -0.05) is 45.4 Å². The van der Waals surface area contributed by atoms with Gasteiger partial charge >= 0.3 is 0 Å². The molecule has 18 heavy (non-hydrogen) atoms. The van der Waals surface area contributed by atoms with Crippen LogP contribution in [0.4, 0.5) is 4.39 Å². The first-order valence-corrected chi connectivity index (χ1v) is 6.89. The van der Waals surface area contributed by atoms with Gasteiger partial charge in [0.05, 0.1) is 0 Å². The summed E-state index contributed by atoms with van der Waals surface area (Å²) >= 11 is 6.13. The van der Waals surface area contributed by atoms with Crippen molar-refractivity contribution in [3.05, 3.63) is 34.6 Å². The molecule has 0 spiro atoms. The third kappa shape index (κ3) is 4.95. The predicted octanol–water partition coefficient (Wildman–Crippen LogP) is 4.96. The van der Waals surface area contributed by atoms with E-state index in [1.54, 1.807) is 6.07 Å². The number of rotatable bonds is 5. The molecule has 1 rings (SSSR count). The molecular weight excluding hydrogens is 249 g/mol. The van der Waals surface area contributed by atoms with E-state index in [0.717, 1.165) is 24.9 Å². The molecule has 0 amide bonds. The van der Waals surface area contributed by atoms with Crippen molar-refractivity contribution in [1.29, 1.82) is 0 Å². The van der Waals surface area contributed by atoms with Crippen LogP contribution in [-0.4, -0.2) is 6.54 Å². The Balaban J connectivity index is 2.83. The molecule has 0 saturated carbocycles. The standard InChI is InChI=1S/C15H23ClFN/c1-5-18-14(8-9-15(2,3)4)12-7-6-11(17)10-13(12)16/h6-7,10,14,18H,5,8-9H2,1-4H3. The van der Waals surface area contributed by atoms with Crippen molar-refractivity contribution < 1.29 is 4.39 Å². The normalized spacial score (nSPS) is 13.7. The van der Waals surface area contributed by atoms with Crippen LogP contribution in [-0.2, 0) is 0 Å². The van der Waals surface area contributed by atoms with Crippen LogP contribution in [0, 0.1) is 11.2 Å². The zero-order chi connectivity index (χ0) is 13.8. The van der Waals surface area contributed by atoms with Crippen molar-refractivity contribution in [2.75, 3.05) is 6.54 Å². The Hall–Kier alpha value is -0.600. The molecule has 0 aliphatic carbocycles. The second-order valence-electron chi connectivity index (χ2n) is 5.88. The second kappa shape index (κ2) is 6.53. The van der Waals surface area contributed by atoms with Gasteiger partial charge in [-0.15, -0.1) is 0 Å². The Morgan fingerprint density at radius 3 is 2.50 bits per heavy atom. The molecule has 3 heteroatoms. The Morgan fingerprint density at radius 1 is 1.33 bits per heavy atom. The maximum atomic E-state index is 13.1. The van der Waals surface area contributed by atoms with Gasteiger partial charge in [-0.3, -0.25) is 0 Å². The Labute approximate surface area is 115 Å². The first-order chi connectivity index (χ1) is 8.33. The SMILES string of the molecule is CCNC(CCC(C)(C)C)c1ccc(F)cc1Cl. The lowest BCUT2D eigenvalue weighted by Gasteiger charge is -2.24. The zero-order valence-electron chi connectivity index (χ0n) is 11.7. The molecule has 0 saturated heterocycles. The summed E-state index contributed by atoms with van der Waals surface area (Å²) in [6, 6.07) is 4.84. The Bertz CT molecular complexity index is 385. The maximum absolute atomic E-state index is 13.1. The molecule has 0 radical (unpaired) electrons. The molecule has 1 unspecified atom stereocenters. The summed E-state index contributed by atoms with van der Waals surface area (Å²) in [6.45, 7) is 9.62. The van der Waals surface area contributed by atoms with Gasteiger partial charge in [-0.2, -0.15) is 0 Å². The number of hydrogen-bond donors (Lipinski definition) is 1. The molecule has 1 N–H and O–H groups in total. The van der Waals surface area contributed by atoms with E-state index in [1.165, 1.54) is 12.1 Å². The smallest absolute Gasteiger partial charge is 0.124 e. The van der Waals surface area contributed by atoms with Gasteiger partial charge in [0.1, 0.15) is 5.82 Å².